The molecule has 2 rings (SSSR count). The van der Waals surface area contributed by atoms with Crippen LogP contribution in [-0.2, 0) is 10.2 Å². The zero-order valence-electron chi connectivity index (χ0n) is 15.3. The Hall–Kier alpha value is -0.920. The smallest absolute Gasteiger partial charge is 0.274 e. The zero-order chi connectivity index (χ0) is 17.8. The first-order valence-electron chi connectivity index (χ1n) is 8.09. The molecule has 0 aliphatic carbocycles. The Bertz CT molecular complexity index is 651. The number of rotatable bonds is 2. The van der Waals surface area contributed by atoms with Gasteiger partial charge in [-0.25, -0.2) is 5.14 Å². The van der Waals surface area contributed by atoms with Gasteiger partial charge >= 0.3 is 0 Å². The number of hydrogen-bond donors (Lipinski definition) is 2. The SMILES string of the molecule is C[C@H]1N=C(C(C)(C)C)N2C[C@H](NS(N)(=O)=O)CC2=C1C(C)(C)C. The second-order valence-electron chi connectivity index (χ2n) is 8.66. The van der Waals surface area contributed by atoms with Crippen LogP contribution in [-0.4, -0.2) is 37.8 Å². The fourth-order valence-corrected chi connectivity index (χ4v) is 4.36. The lowest BCUT2D eigenvalue weighted by molar-refractivity contribution is 0.393. The van der Waals surface area contributed by atoms with Crippen LogP contribution in [0, 0.1) is 10.8 Å². The topological polar surface area (TPSA) is 87.8 Å². The molecule has 132 valence electrons. The summed E-state index contributed by atoms with van der Waals surface area (Å²) in [6.45, 7) is 15.7. The number of nitrogens with zero attached hydrogens (tertiary/aromatic N) is 2. The highest BCUT2D eigenvalue weighted by Crippen LogP contribution is 2.42. The molecule has 0 unspecified atom stereocenters. The number of amidine groups is 1. The molecule has 2 atom stereocenters. The van der Waals surface area contributed by atoms with Gasteiger partial charge in [0.25, 0.3) is 10.2 Å². The van der Waals surface area contributed by atoms with Crippen molar-refractivity contribution in [3.8, 4) is 0 Å². The van der Waals surface area contributed by atoms with Gasteiger partial charge in [-0.15, -0.1) is 0 Å². The summed E-state index contributed by atoms with van der Waals surface area (Å²) in [5, 5.41) is 5.17. The molecule has 0 radical (unpaired) electrons. The summed E-state index contributed by atoms with van der Waals surface area (Å²) in [5.41, 5.74) is 2.37. The van der Waals surface area contributed by atoms with Crippen molar-refractivity contribution in [3.05, 3.63) is 11.3 Å². The van der Waals surface area contributed by atoms with Gasteiger partial charge in [0.15, 0.2) is 0 Å². The first-order chi connectivity index (χ1) is 10.2. The molecule has 1 fully saturated rings. The fraction of sp³-hybridized carbons (Fsp3) is 0.812. The van der Waals surface area contributed by atoms with E-state index in [1.165, 1.54) is 11.3 Å². The maximum absolute atomic E-state index is 11.4. The molecule has 0 aromatic heterocycles. The van der Waals surface area contributed by atoms with Crippen molar-refractivity contribution in [2.75, 3.05) is 6.54 Å². The van der Waals surface area contributed by atoms with Crippen molar-refractivity contribution < 1.29 is 8.42 Å². The zero-order valence-corrected chi connectivity index (χ0v) is 16.1. The minimum absolute atomic E-state index is 0.0175. The Morgan fingerprint density at radius 3 is 2.17 bits per heavy atom. The van der Waals surface area contributed by atoms with E-state index >= 15 is 0 Å². The van der Waals surface area contributed by atoms with Crippen LogP contribution >= 0.6 is 0 Å². The minimum atomic E-state index is -3.71. The van der Waals surface area contributed by atoms with Gasteiger partial charge in [0, 0.05) is 30.1 Å². The normalized spacial score (nSPS) is 26.4. The van der Waals surface area contributed by atoms with E-state index in [0.29, 0.717) is 13.0 Å². The molecule has 2 aliphatic rings. The summed E-state index contributed by atoms with van der Waals surface area (Å²) in [4.78, 5) is 7.15. The molecule has 2 aliphatic heterocycles. The average molecular weight is 343 g/mol. The lowest BCUT2D eigenvalue weighted by Crippen LogP contribution is -2.45. The summed E-state index contributed by atoms with van der Waals surface area (Å²) in [6.07, 6.45) is 0.655. The number of fused-ring (bicyclic) bond motifs is 1. The Morgan fingerprint density at radius 2 is 1.74 bits per heavy atom. The molecule has 0 aromatic rings. The largest absolute Gasteiger partial charge is 0.332 e. The van der Waals surface area contributed by atoms with Gasteiger partial charge < -0.3 is 4.90 Å². The van der Waals surface area contributed by atoms with Crippen LogP contribution in [0.1, 0.15) is 54.9 Å². The second kappa shape index (κ2) is 5.57. The Labute approximate surface area is 140 Å². The molecule has 3 N–H and O–H groups in total. The number of nitrogens with two attached hydrogens (primary N) is 1. The van der Waals surface area contributed by atoms with Gasteiger partial charge in [-0.3, -0.25) is 4.99 Å². The highest BCUT2D eigenvalue weighted by atomic mass is 32.2. The second-order valence-corrected chi connectivity index (χ2v) is 9.99. The van der Waals surface area contributed by atoms with Gasteiger partial charge in [-0.1, -0.05) is 41.5 Å². The van der Waals surface area contributed by atoms with E-state index in [1.807, 2.05) is 0 Å². The molecule has 7 heteroatoms. The molecular weight excluding hydrogens is 312 g/mol. The lowest BCUT2D eigenvalue weighted by Gasteiger charge is -2.41. The Balaban J connectivity index is 2.48. The van der Waals surface area contributed by atoms with E-state index in [2.05, 4.69) is 58.1 Å². The van der Waals surface area contributed by atoms with Crippen LogP contribution in [0.5, 0.6) is 0 Å². The van der Waals surface area contributed by atoms with Crippen LogP contribution in [0.2, 0.25) is 0 Å². The van der Waals surface area contributed by atoms with Crippen molar-refractivity contribution in [3.63, 3.8) is 0 Å². The van der Waals surface area contributed by atoms with Crippen molar-refractivity contribution in [1.29, 1.82) is 0 Å². The van der Waals surface area contributed by atoms with Crippen LogP contribution in [0.3, 0.4) is 0 Å². The maximum atomic E-state index is 11.4. The van der Waals surface area contributed by atoms with E-state index in [1.54, 1.807) is 0 Å². The molecule has 0 saturated carbocycles. The first kappa shape index (κ1) is 18.4. The predicted molar refractivity (Wildman–Crippen MR) is 94.2 cm³/mol. The third-order valence-electron chi connectivity index (χ3n) is 4.28. The van der Waals surface area contributed by atoms with E-state index in [9.17, 15) is 8.42 Å². The van der Waals surface area contributed by atoms with Gasteiger partial charge in [-0.2, -0.15) is 13.1 Å². The Kier molecular flexibility index (Phi) is 4.46. The quantitative estimate of drug-likeness (QED) is 0.804. The van der Waals surface area contributed by atoms with Gasteiger partial charge in [-0.05, 0) is 17.9 Å². The van der Waals surface area contributed by atoms with E-state index in [4.69, 9.17) is 10.1 Å². The van der Waals surface area contributed by atoms with Crippen LogP contribution < -0.4 is 9.86 Å². The molecule has 23 heavy (non-hydrogen) atoms. The van der Waals surface area contributed by atoms with Crippen LogP contribution in [0.25, 0.3) is 0 Å². The fourth-order valence-electron chi connectivity index (χ4n) is 3.74. The molecule has 0 amide bonds. The Morgan fingerprint density at radius 1 is 1.17 bits per heavy atom. The summed E-state index contributed by atoms with van der Waals surface area (Å²) in [6, 6.07) is -0.112. The first-order valence-corrected chi connectivity index (χ1v) is 9.64. The monoisotopic (exact) mass is 342 g/mol. The maximum Gasteiger partial charge on any atom is 0.274 e. The van der Waals surface area contributed by atoms with Gasteiger partial charge in [0.1, 0.15) is 5.84 Å². The molecule has 0 bridgehead atoms. The van der Waals surface area contributed by atoms with Crippen molar-refractivity contribution in [2.45, 2.75) is 67.0 Å². The number of nitrogens with one attached hydrogen (secondary N) is 1. The molecule has 1 saturated heterocycles. The van der Waals surface area contributed by atoms with Gasteiger partial charge in [0.05, 0.1) is 6.04 Å². The van der Waals surface area contributed by atoms with Crippen molar-refractivity contribution in [1.82, 2.24) is 9.62 Å². The van der Waals surface area contributed by atoms with E-state index in [-0.39, 0.29) is 22.9 Å². The standard InChI is InChI=1S/C16H30N4O2S/c1-10-13(15(2,3)4)12-8-11(19-23(17,21)22)9-20(12)14(18-10)16(5,6)7/h10-11,19H,8-9H2,1-7H3,(H2,17,21,22)/t10-,11-/m1/s1. The van der Waals surface area contributed by atoms with Crippen LogP contribution in [0.4, 0.5) is 0 Å². The minimum Gasteiger partial charge on any atom is -0.332 e. The molecule has 2 heterocycles. The highest BCUT2D eigenvalue weighted by Gasteiger charge is 2.42. The summed E-state index contributed by atoms with van der Waals surface area (Å²) >= 11 is 0. The molecular formula is C16H30N4O2S. The lowest BCUT2D eigenvalue weighted by atomic mass is 9.79. The summed E-state index contributed by atoms with van der Waals surface area (Å²) in [5.74, 6) is 1.02. The van der Waals surface area contributed by atoms with E-state index < -0.39 is 10.2 Å². The highest BCUT2D eigenvalue weighted by molar-refractivity contribution is 7.87. The van der Waals surface area contributed by atoms with Crippen LogP contribution in [0.15, 0.2) is 16.3 Å². The van der Waals surface area contributed by atoms with Gasteiger partial charge in [0.2, 0.25) is 0 Å². The number of hydrogen-bond acceptors (Lipinski definition) is 4. The molecule has 0 spiro atoms. The third kappa shape index (κ3) is 3.95. The van der Waals surface area contributed by atoms with Crippen molar-refractivity contribution in [2.24, 2.45) is 21.0 Å². The molecule has 6 nitrogen and oxygen atoms in total. The van der Waals surface area contributed by atoms with E-state index in [0.717, 1.165) is 5.84 Å². The average Bonchev–Trinajstić information content (AvgIpc) is 2.63. The predicted octanol–water partition coefficient (Wildman–Crippen LogP) is 2.00. The summed E-state index contributed by atoms with van der Waals surface area (Å²) in [7, 11) is -3.71. The molecule has 0 aromatic carbocycles. The third-order valence-corrected chi connectivity index (χ3v) is 4.94. The number of aliphatic imine (C=N–C) groups is 1. The van der Waals surface area contributed by atoms with Crippen molar-refractivity contribution >= 4 is 16.0 Å². The summed E-state index contributed by atoms with van der Waals surface area (Å²) < 4.78 is 25.4.